The van der Waals surface area contributed by atoms with Gasteiger partial charge in [0.05, 0.1) is 18.3 Å². The molecule has 1 aliphatic rings. The van der Waals surface area contributed by atoms with Gasteiger partial charge in [0.1, 0.15) is 11.5 Å². The molecule has 0 spiro atoms. The molecule has 1 aromatic heterocycles. The number of fused-ring (bicyclic) bond motifs is 1. The number of nitrogens with zero attached hydrogens (tertiary/aromatic N) is 1. The van der Waals surface area contributed by atoms with Gasteiger partial charge in [-0.05, 0) is 32.0 Å². The van der Waals surface area contributed by atoms with Crippen molar-refractivity contribution >= 4 is 40.2 Å². The number of ether oxygens (including phenoxy) is 1. The Labute approximate surface area is 155 Å². The first-order valence-corrected chi connectivity index (χ1v) is 9.77. The van der Waals surface area contributed by atoms with E-state index in [2.05, 4.69) is 15.2 Å². The number of hydrogen-bond acceptors (Lipinski definition) is 5. The van der Waals surface area contributed by atoms with E-state index in [9.17, 15) is 14.0 Å². The number of aromatic amines is 1. The molecular formula is C18H22FN3O3S. The molecular weight excluding hydrogens is 357 g/mol. The number of carbonyl (C=O) groups is 2. The lowest BCUT2D eigenvalue weighted by molar-refractivity contribution is -0.120. The molecule has 1 aromatic carbocycles. The highest BCUT2D eigenvalue weighted by Gasteiger charge is 2.26. The van der Waals surface area contributed by atoms with Gasteiger partial charge in [0.25, 0.3) is 0 Å². The molecule has 0 bridgehead atoms. The molecule has 0 unspecified atom stereocenters. The van der Waals surface area contributed by atoms with Crippen molar-refractivity contribution in [3.63, 3.8) is 0 Å². The minimum Gasteiger partial charge on any atom is -0.461 e. The highest BCUT2D eigenvalue weighted by atomic mass is 32.2. The molecule has 26 heavy (non-hydrogen) atoms. The van der Waals surface area contributed by atoms with E-state index in [1.165, 1.54) is 18.2 Å². The van der Waals surface area contributed by atoms with Crippen LogP contribution in [0.5, 0.6) is 0 Å². The van der Waals surface area contributed by atoms with Gasteiger partial charge in [0.2, 0.25) is 5.91 Å². The zero-order valence-electron chi connectivity index (χ0n) is 14.8. The number of esters is 1. The fourth-order valence-electron chi connectivity index (χ4n) is 3.01. The fraction of sp³-hybridized carbons (Fsp3) is 0.444. The Kier molecular flexibility index (Phi) is 5.83. The summed E-state index contributed by atoms with van der Waals surface area (Å²) in [6.45, 7) is 5.43. The quantitative estimate of drug-likeness (QED) is 0.782. The maximum absolute atomic E-state index is 13.7. The number of H-pyrrole nitrogens is 1. The van der Waals surface area contributed by atoms with Gasteiger partial charge in [0, 0.05) is 35.5 Å². The van der Waals surface area contributed by atoms with Crippen LogP contribution in [0.15, 0.2) is 18.2 Å². The summed E-state index contributed by atoms with van der Waals surface area (Å²) in [5.74, 6) is 0.728. The summed E-state index contributed by atoms with van der Waals surface area (Å²) in [5.41, 5.74) is 0.954. The summed E-state index contributed by atoms with van der Waals surface area (Å²) < 4.78 is 18.8. The van der Waals surface area contributed by atoms with E-state index in [-0.39, 0.29) is 29.9 Å². The summed E-state index contributed by atoms with van der Waals surface area (Å²) in [7, 11) is 0. The summed E-state index contributed by atoms with van der Waals surface area (Å²) in [6.07, 6.45) is 0. The third kappa shape index (κ3) is 3.86. The average Bonchev–Trinajstić information content (AvgIpc) is 3.00. The Morgan fingerprint density at radius 1 is 1.38 bits per heavy atom. The monoisotopic (exact) mass is 379 g/mol. The van der Waals surface area contributed by atoms with E-state index < -0.39 is 11.8 Å². The second-order valence-electron chi connectivity index (χ2n) is 6.10. The number of hydrogen-bond donors (Lipinski definition) is 2. The third-order valence-electron chi connectivity index (χ3n) is 4.46. The number of aromatic nitrogens is 1. The van der Waals surface area contributed by atoms with Crippen LogP contribution in [0, 0.1) is 5.82 Å². The Morgan fingerprint density at radius 3 is 2.81 bits per heavy atom. The molecule has 6 nitrogen and oxygen atoms in total. The van der Waals surface area contributed by atoms with Gasteiger partial charge in [-0.1, -0.05) is 0 Å². The van der Waals surface area contributed by atoms with Crippen molar-refractivity contribution < 1.29 is 18.7 Å². The molecule has 0 radical (unpaired) electrons. The largest absolute Gasteiger partial charge is 0.461 e. The second kappa shape index (κ2) is 8.09. The minimum absolute atomic E-state index is 0.127. The molecule has 2 aromatic rings. The summed E-state index contributed by atoms with van der Waals surface area (Å²) in [6, 6.07) is 3.79. The van der Waals surface area contributed by atoms with Gasteiger partial charge >= 0.3 is 5.97 Å². The first kappa shape index (κ1) is 18.7. The number of nitrogens with one attached hydrogen (secondary N) is 2. The van der Waals surface area contributed by atoms with Crippen molar-refractivity contribution in [3.05, 3.63) is 29.7 Å². The first-order valence-electron chi connectivity index (χ1n) is 8.62. The van der Waals surface area contributed by atoms with E-state index >= 15 is 0 Å². The SMILES string of the molecule is CCOC(=O)c1[nH]c2ccc(F)cc2c1NC(=O)[C@H](C)N1CCSCC1. The number of rotatable bonds is 5. The van der Waals surface area contributed by atoms with Crippen LogP contribution in [0.4, 0.5) is 10.1 Å². The van der Waals surface area contributed by atoms with Crippen LogP contribution in [-0.4, -0.2) is 59.0 Å². The lowest BCUT2D eigenvalue weighted by Gasteiger charge is -2.31. The number of benzene rings is 1. The molecule has 1 fully saturated rings. The smallest absolute Gasteiger partial charge is 0.356 e. The molecule has 1 atom stereocenters. The number of halogens is 1. The van der Waals surface area contributed by atoms with E-state index in [0.29, 0.717) is 10.9 Å². The van der Waals surface area contributed by atoms with Gasteiger partial charge in [-0.25, -0.2) is 9.18 Å². The van der Waals surface area contributed by atoms with E-state index in [1.807, 2.05) is 18.7 Å². The van der Waals surface area contributed by atoms with Gasteiger partial charge in [-0.15, -0.1) is 0 Å². The van der Waals surface area contributed by atoms with Crippen LogP contribution >= 0.6 is 11.8 Å². The average molecular weight is 379 g/mol. The molecule has 2 N–H and O–H groups in total. The fourth-order valence-corrected chi connectivity index (χ4v) is 3.94. The zero-order valence-corrected chi connectivity index (χ0v) is 15.6. The summed E-state index contributed by atoms with van der Waals surface area (Å²) >= 11 is 1.87. The van der Waals surface area contributed by atoms with Crippen molar-refractivity contribution in [3.8, 4) is 0 Å². The maximum atomic E-state index is 13.7. The second-order valence-corrected chi connectivity index (χ2v) is 7.32. The van der Waals surface area contributed by atoms with Gasteiger partial charge in [0.15, 0.2) is 0 Å². The van der Waals surface area contributed by atoms with Crippen LogP contribution < -0.4 is 5.32 Å². The Bertz CT molecular complexity index is 817. The summed E-state index contributed by atoms with van der Waals surface area (Å²) in [5, 5.41) is 3.26. The van der Waals surface area contributed by atoms with Crippen LogP contribution in [-0.2, 0) is 9.53 Å². The molecule has 1 aliphatic heterocycles. The van der Waals surface area contributed by atoms with Crippen LogP contribution in [0.1, 0.15) is 24.3 Å². The molecule has 2 heterocycles. The highest BCUT2D eigenvalue weighted by molar-refractivity contribution is 7.99. The molecule has 1 amide bonds. The van der Waals surface area contributed by atoms with Crippen LogP contribution in [0.25, 0.3) is 10.9 Å². The first-order chi connectivity index (χ1) is 12.5. The van der Waals surface area contributed by atoms with Crippen LogP contribution in [0.3, 0.4) is 0 Å². The topological polar surface area (TPSA) is 74.4 Å². The summed E-state index contributed by atoms with van der Waals surface area (Å²) in [4.78, 5) is 30.0. The lowest BCUT2D eigenvalue weighted by Crippen LogP contribution is -2.46. The Balaban J connectivity index is 1.91. The van der Waals surface area contributed by atoms with Crippen molar-refractivity contribution in [1.29, 1.82) is 0 Å². The van der Waals surface area contributed by atoms with Crippen molar-refractivity contribution in [2.24, 2.45) is 0 Å². The standard InChI is InChI=1S/C18H22FN3O3S/c1-3-25-18(24)16-15(13-10-12(19)4-5-14(13)20-16)21-17(23)11(2)22-6-8-26-9-7-22/h4-5,10-11,20H,3,6-9H2,1-2H3,(H,21,23)/t11-/m0/s1. The number of thioether (sulfide) groups is 1. The van der Waals surface area contributed by atoms with Gasteiger partial charge < -0.3 is 15.0 Å². The zero-order chi connectivity index (χ0) is 18.7. The molecule has 1 saturated heterocycles. The number of anilines is 1. The number of amides is 1. The van der Waals surface area contributed by atoms with Crippen molar-refractivity contribution in [2.75, 3.05) is 36.5 Å². The third-order valence-corrected chi connectivity index (χ3v) is 5.40. The highest BCUT2D eigenvalue weighted by Crippen LogP contribution is 2.29. The van der Waals surface area contributed by atoms with Crippen molar-refractivity contribution in [2.45, 2.75) is 19.9 Å². The minimum atomic E-state index is -0.582. The molecule has 0 saturated carbocycles. The molecule has 8 heteroatoms. The van der Waals surface area contributed by atoms with E-state index in [4.69, 9.17) is 4.74 Å². The maximum Gasteiger partial charge on any atom is 0.356 e. The van der Waals surface area contributed by atoms with E-state index in [0.717, 1.165) is 24.6 Å². The predicted molar refractivity (Wildman–Crippen MR) is 101 cm³/mol. The Morgan fingerprint density at radius 2 is 2.12 bits per heavy atom. The van der Waals surface area contributed by atoms with Crippen molar-refractivity contribution in [1.82, 2.24) is 9.88 Å². The Hall–Kier alpha value is -2.06. The van der Waals surface area contributed by atoms with Gasteiger partial charge in [-0.3, -0.25) is 9.69 Å². The molecule has 140 valence electrons. The normalized spacial score (nSPS) is 16.4. The predicted octanol–water partition coefficient (Wildman–Crippen LogP) is 2.86. The molecule has 0 aliphatic carbocycles. The lowest BCUT2D eigenvalue weighted by atomic mass is 10.2. The number of carbonyl (C=O) groups excluding carboxylic acids is 2. The van der Waals surface area contributed by atoms with Gasteiger partial charge in [-0.2, -0.15) is 11.8 Å². The van der Waals surface area contributed by atoms with Crippen LogP contribution in [0.2, 0.25) is 0 Å². The molecule has 3 rings (SSSR count). The van der Waals surface area contributed by atoms with E-state index in [1.54, 1.807) is 6.92 Å².